The van der Waals surface area contributed by atoms with Crippen LogP contribution in [0.2, 0.25) is 0 Å². The number of nitrogens with zero attached hydrogens (tertiary/aromatic N) is 1. The lowest BCUT2D eigenvalue weighted by atomic mass is 10.1. The highest BCUT2D eigenvalue weighted by Gasteiger charge is 2.35. The van der Waals surface area contributed by atoms with Crippen LogP contribution < -0.4 is 15.8 Å². The zero-order valence-electron chi connectivity index (χ0n) is 14.8. The van der Waals surface area contributed by atoms with Gasteiger partial charge in [-0.25, -0.2) is 0 Å². The molecule has 0 radical (unpaired) electrons. The van der Waals surface area contributed by atoms with Crippen molar-refractivity contribution in [2.45, 2.75) is 20.3 Å². The first-order valence-electron chi connectivity index (χ1n) is 8.48. The van der Waals surface area contributed by atoms with Crippen molar-refractivity contribution >= 4 is 23.4 Å². The molecule has 1 aliphatic rings. The van der Waals surface area contributed by atoms with Gasteiger partial charge in [-0.05, 0) is 43.2 Å². The van der Waals surface area contributed by atoms with Crippen molar-refractivity contribution in [2.75, 3.05) is 11.4 Å². The molecule has 0 aliphatic carbocycles. The molecule has 1 heterocycles. The molecule has 0 bridgehead atoms. The number of nitrogens with one attached hydrogen (secondary N) is 2. The summed E-state index contributed by atoms with van der Waals surface area (Å²) in [4.78, 5) is 38.4. The molecule has 2 aromatic rings. The molecule has 0 aromatic heterocycles. The maximum Gasteiger partial charge on any atom is 0.269 e. The van der Waals surface area contributed by atoms with E-state index in [4.69, 9.17) is 0 Å². The largest absolute Gasteiger partial charge is 0.311 e. The molecule has 1 aliphatic heterocycles. The van der Waals surface area contributed by atoms with Gasteiger partial charge in [0.1, 0.15) is 0 Å². The first kappa shape index (κ1) is 17.7. The highest BCUT2D eigenvalue weighted by molar-refractivity contribution is 6.01. The van der Waals surface area contributed by atoms with E-state index in [9.17, 15) is 14.4 Å². The normalized spacial score (nSPS) is 16.5. The van der Waals surface area contributed by atoms with Gasteiger partial charge in [0.05, 0.1) is 5.92 Å². The van der Waals surface area contributed by atoms with Gasteiger partial charge in [-0.1, -0.05) is 30.3 Å². The highest BCUT2D eigenvalue weighted by Crippen LogP contribution is 2.28. The van der Waals surface area contributed by atoms with Gasteiger partial charge in [0.2, 0.25) is 11.8 Å². The van der Waals surface area contributed by atoms with Crippen LogP contribution in [0, 0.1) is 19.8 Å². The number of rotatable bonds is 3. The maximum atomic E-state index is 12.4. The number of hydrazine groups is 1. The Labute approximate surface area is 152 Å². The van der Waals surface area contributed by atoms with Crippen LogP contribution in [0.4, 0.5) is 5.69 Å². The molecule has 6 nitrogen and oxygen atoms in total. The number of carbonyl (C=O) groups excluding carboxylic acids is 3. The molecule has 1 saturated heterocycles. The second-order valence-corrected chi connectivity index (χ2v) is 6.50. The molecule has 2 aromatic carbocycles. The van der Waals surface area contributed by atoms with Crippen molar-refractivity contribution in [1.29, 1.82) is 0 Å². The van der Waals surface area contributed by atoms with E-state index in [1.807, 2.05) is 32.0 Å². The molecule has 0 unspecified atom stereocenters. The van der Waals surface area contributed by atoms with E-state index in [0.717, 1.165) is 16.8 Å². The minimum atomic E-state index is -0.501. The topological polar surface area (TPSA) is 78.5 Å². The number of benzene rings is 2. The SMILES string of the molecule is Cc1ccc(C)c(N2C[C@H](C(=O)NNC(=O)c3ccccc3)CC2=O)c1. The van der Waals surface area contributed by atoms with Crippen LogP contribution in [0.15, 0.2) is 48.5 Å². The summed E-state index contributed by atoms with van der Waals surface area (Å²) in [6.07, 6.45) is 0.125. The van der Waals surface area contributed by atoms with Crippen LogP contribution in [0.5, 0.6) is 0 Å². The highest BCUT2D eigenvalue weighted by atomic mass is 16.2. The van der Waals surface area contributed by atoms with Crippen molar-refractivity contribution in [3.63, 3.8) is 0 Å². The summed E-state index contributed by atoms with van der Waals surface area (Å²) in [5.74, 6) is -1.35. The Morgan fingerprint density at radius 1 is 1.04 bits per heavy atom. The molecule has 2 N–H and O–H groups in total. The van der Waals surface area contributed by atoms with Gasteiger partial charge in [0.25, 0.3) is 5.91 Å². The fourth-order valence-corrected chi connectivity index (χ4v) is 3.01. The monoisotopic (exact) mass is 351 g/mol. The van der Waals surface area contributed by atoms with Crippen LogP contribution in [-0.2, 0) is 9.59 Å². The number of anilines is 1. The van der Waals surface area contributed by atoms with Crippen LogP contribution in [0.1, 0.15) is 27.9 Å². The minimum Gasteiger partial charge on any atom is -0.311 e. The maximum absolute atomic E-state index is 12.4. The van der Waals surface area contributed by atoms with E-state index in [0.29, 0.717) is 12.1 Å². The molecule has 3 amide bonds. The van der Waals surface area contributed by atoms with Gasteiger partial charge >= 0.3 is 0 Å². The Hall–Kier alpha value is -3.15. The third-order valence-corrected chi connectivity index (χ3v) is 4.49. The summed E-state index contributed by atoms with van der Waals surface area (Å²) < 4.78 is 0. The third-order valence-electron chi connectivity index (χ3n) is 4.49. The standard InChI is InChI=1S/C20H21N3O3/c1-13-8-9-14(2)17(10-13)23-12-16(11-18(23)24)20(26)22-21-19(25)15-6-4-3-5-7-15/h3-10,16H,11-12H2,1-2H3,(H,21,25)(H,22,26)/t16-/m1/s1. The smallest absolute Gasteiger partial charge is 0.269 e. The van der Waals surface area contributed by atoms with Crippen molar-refractivity contribution in [1.82, 2.24) is 10.9 Å². The molecular formula is C20H21N3O3. The Kier molecular flexibility index (Phi) is 5.02. The van der Waals surface area contributed by atoms with Gasteiger partial charge in [-0.2, -0.15) is 0 Å². The molecular weight excluding hydrogens is 330 g/mol. The van der Waals surface area contributed by atoms with E-state index in [1.54, 1.807) is 35.2 Å². The fourth-order valence-electron chi connectivity index (χ4n) is 3.01. The van der Waals surface area contributed by atoms with Crippen LogP contribution in [-0.4, -0.2) is 24.3 Å². The van der Waals surface area contributed by atoms with E-state index >= 15 is 0 Å². The third kappa shape index (κ3) is 3.74. The lowest BCUT2D eigenvalue weighted by molar-refractivity contribution is -0.126. The molecule has 0 saturated carbocycles. The van der Waals surface area contributed by atoms with E-state index in [2.05, 4.69) is 10.9 Å². The molecule has 134 valence electrons. The summed E-state index contributed by atoms with van der Waals surface area (Å²) in [6, 6.07) is 14.5. The zero-order valence-corrected chi connectivity index (χ0v) is 14.8. The van der Waals surface area contributed by atoms with Crippen molar-refractivity contribution in [3.05, 3.63) is 65.2 Å². The number of aryl methyl sites for hydroxylation is 2. The van der Waals surface area contributed by atoms with Crippen molar-refractivity contribution in [3.8, 4) is 0 Å². The van der Waals surface area contributed by atoms with Gasteiger partial charge < -0.3 is 4.90 Å². The lowest BCUT2D eigenvalue weighted by Crippen LogP contribution is -2.45. The molecule has 6 heteroatoms. The molecule has 26 heavy (non-hydrogen) atoms. The lowest BCUT2D eigenvalue weighted by Gasteiger charge is -2.19. The number of hydrogen-bond donors (Lipinski definition) is 2. The minimum absolute atomic E-state index is 0.0896. The van der Waals surface area contributed by atoms with Crippen molar-refractivity contribution in [2.24, 2.45) is 5.92 Å². The van der Waals surface area contributed by atoms with E-state index in [-0.39, 0.29) is 18.2 Å². The van der Waals surface area contributed by atoms with Crippen LogP contribution in [0.25, 0.3) is 0 Å². The average molecular weight is 351 g/mol. The zero-order chi connectivity index (χ0) is 18.7. The predicted octanol–water partition coefficient (Wildman–Crippen LogP) is 2.12. The molecule has 1 atom stereocenters. The van der Waals surface area contributed by atoms with E-state index < -0.39 is 11.8 Å². The first-order chi connectivity index (χ1) is 12.5. The van der Waals surface area contributed by atoms with Gasteiger partial charge in [0.15, 0.2) is 0 Å². The Balaban J connectivity index is 1.62. The Morgan fingerprint density at radius 3 is 2.50 bits per heavy atom. The molecule has 3 rings (SSSR count). The van der Waals surface area contributed by atoms with Crippen LogP contribution in [0.3, 0.4) is 0 Å². The number of carbonyl (C=O) groups is 3. The summed E-state index contributed by atoms with van der Waals surface area (Å²) in [5, 5.41) is 0. The van der Waals surface area contributed by atoms with Gasteiger partial charge in [0, 0.05) is 24.2 Å². The summed E-state index contributed by atoms with van der Waals surface area (Å²) in [7, 11) is 0. The number of amides is 3. The predicted molar refractivity (Wildman–Crippen MR) is 98.4 cm³/mol. The Bertz CT molecular complexity index is 849. The quantitative estimate of drug-likeness (QED) is 0.832. The number of hydrogen-bond acceptors (Lipinski definition) is 3. The average Bonchev–Trinajstić information content (AvgIpc) is 3.03. The molecule has 1 fully saturated rings. The van der Waals surface area contributed by atoms with E-state index in [1.165, 1.54) is 0 Å². The fraction of sp³-hybridized carbons (Fsp3) is 0.250. The van der Waals surface area contributed by atoms with Crippen LogP contribution >= 0.6 is 0 Å². The Morgan fingerprint density at radius 2 is 1.77 bits per heavy atom. The summed E-state index contributed by atoms with van der Waals surface area (Å²) in [5.41, 5.74) is 8.15. The van der Waals surface area contributed by atoms with Gasteiger partial charge in [-0.15, -0.1) is 0 Å². The second-order valence-electron chi connectivity index (χ2n) is 6.50. The van der Waals surface area contributed by atoms with Gasteiger partial charge in [-0.3, -0.25) is 25.2 Å². The van der Waals surface area contributed by atoms with Crippen molar-refractivity contribution < 1.29 is 14.4 Å². The second kappa shape index (κ2) is 7.39. The summed E-state index contributed by atoms with van der Waals surface area (Å²) in [6.45, 7) is 4.21. The summed E-state index contributed by atoms with van der Waals surface area (Å²) >= 11 is 0. The molecule has 0 spiro atoms. The first-order valence-corrected chi connectivity index (χ1v) is 8.48.